The van der Waals surface area contributed by atoms with Crippen LogP contribution in [0.5, 0.6) is 0 Å². The summed E-state index contributed by atoms with van der Waals surface area (Å²) in [5.41, 5.74) is 1.92. The summed E-state index contributed by atoms with van der Waals surface area (Å²) in [5.74, 6) is -0.126. The number of halogens is 3. The molecule has 0 bridgehead atoms. The number of carbonyl (C=O) groups excluding carboxylic acids is 1. The molecule has 0 radical (unpaired) electrons. The van der Waals surface area contributed by atoms with Gasteiger partial charge in [-0.15, -0.1) is 0 Å². The van der Waals surface area contributed by atoms with Crippen LogP contribution in [0.1, 0.15) is 44.7 Å². The smallest absolute Gasteiger partial charge is 0.368 e. The first kappa shape index (κ1) is 22.0. The SMILES string of the molecule is Cc1c(C(=O)N2CCO[C@H](c3cccc(Cc4ccccc4C(F)(F)F)n3)C2)cnn1C. The molecule has 1 aliphatic rings. The molecule has 1 aromatic carbocycles. The molecule has 0 spiro atoms. The Morgan fingerprint density at radius 3 is 2.69 bits per heavy atom. The van der Waals surface area contributed by atoms with Crippen molar-refractivity contribution in [3.63, 3.8) is 0 Å². The molecule has 0 saturated carbocycles. The van der Waals surface area contributed by atoms with Crippen LogP contribution in [0.25, 0.3) is 0 Å². The maximum Gasteiger partial charge on any atom is 0.416 e. The van der Waals surface area contributed by atoms with Crippen LogP contribution in [0, 0.1) is 6.92 Å². The first-order chi connectivity index (χ1) is 15.2. The lowest BCUT2D eigenvalue weighted by Gasteiger charge is -2.32. The molecule has 0 unspecified atom stereocenters. The Balaban J connectivity index is 1.52. The number of ether oxygens (including phenoxy) is 1. The monoisotopic (exact) mass is 444 g/mol. The molecule has 4 rings (SSSR count). The summed E-state index contributed by atoms with van der Waals surface area (Å²) in [6, 6.07) is 10.7. The van der Waals surface area contributed by atoms with E-state index < -0.39 is 17.8 Å². The molecule has 9 heteroatoms. The number of hydrogen-bond acceptors (Lipinski definition) is 4. The van der Waals surface area contributed by atoms with E-state index in [-0.39, 0.29) is 17.9 Å². The second-order valence-corrected chi connectivity index (χ2v) is 7.76. The summed E-state index contributed by atoms with van der Waals surface area (Å²) >= 11 is 0. The highest BCUT2D eigenvalue weighted by Crippen LogP contribution is 2.33. The summed E-state index contributed by atoms with van der Waals surface area (Å²) in [7, 11) is 1.78. The molecule has 1 saturated heterocycles. The highest BCUT2D eigenvalue weighted by Gasteiger charge is 2.33. The number of aryl methyl sites for hydroxylation is 1. The number of nitrogens with zero attached hydrogens (tertiary/aromatic N) is 4. The third-order valence-corrected chi connectivity index (χ3v) is 5.67. The van der Waals surface area contributed by atoms with Crippen molar-refractivity contribution in [1.82, 2.24) is 19.7 Å². The number of hydrogen-bond donors (Lipinski definition) is 0. The number of benzene rings is 1. The van der Waals surface area contributed by atoms with E-state index in [1.54, 1.807) is 47.1 Å². The average molecular weight is 444 g/mol. The fourth-order valence-corrected chi connectivity index (χ4v) is 3.81. The van der Waals surface area contributed by atoms with E-state index in [1.165, 1.54) is 12.1 Å². The molecular weight excluding hydrogens is 421 g/mol. The molecule has 3 aromatic rings. The Bertz CT molecular complexity index is 1130. The minimum Gasteiger partial charge on any atom is -0.368 e. The zero-order valence-electron chi connectivity index (χ0n) is 17.8. The minimum absolute atomic E-state index is 0.0494. The standard InChI is InChI=1S/C23H23F3N4O2/c1-15-18(13-27-29(15)2)22(31)30-10-11-32-21(14-30)20-9-5-7-17(28-20)12-16-6-3-4-8-19(16)23(24,25)26/h3-9,13,21H,10-12,14H2,1-2H3/t21-/m0/s1. The van der Waals surface area contributed by atoms with Crippen LogP contribution in [-0.2, 0) is 24.4 Å². The fraction of sp³-hybridized carbons (Fsp3) is 0.348. The maximum absolute atomic E-state index is 13.3. The Kier molecular flexibility index (Phi) is 6.01. The number of aromatic nitrogens is 3. The van der Waals surface area contributed by atoms with Gasteiger partial charge in [0.05, 0.1) is 36.2 Å². The van der Waals surface area contributed by atoms with E-state index >= 15 is 0 Å². The predicted octanol–water partition coefficient (Wildman–Crippen LogP) is 3.95. The van der Waals surface area contributed by atoms with E-state index in [9.17, 15) is 18.0 Å². The normalized spacial score (nSPS) is 16.9. The van der Waals surface area contributed by atoms with Crippen molar-refractivity contribution in [1.29, 1.82) is 0 Å². The molecule has 6 nitrogen and oxygen atoms in total. The molecule has 32 heavy (non-hydrogen) atoms. The van der Waals surface area contributed by atoms with Gasteiger partial charge in [0.2, 0.25) is 0 Å². The van der Waals surface area contributed by atoms with Gasteiger partial charge in [-0.2, -0.15) is 18.3 Å². The molecule has 2 aromatic heterocycles. The van der Waals surface area contributed by atoms with E-state index in [1.807, 2.05) is 6.92 Å². The Morgan fingerprint density at radius 2 is 1.97 bits per heavy atom. The van der Waals surface area contributed by atoms with Gasteiger partial charge >= 0.3 is 6.18 Å². The van der Waals surface area contributed by atoms with Gasteiger partial charge in [0.15, 0.2) is 0 Å². The lowest BCUT2D eigenvalue weighted by Crippen LogP contribution is -2.42. The molecule has 1 amide bonds. The molecule has 1 fully saturated rings. The zero-order valence-corrected chi connectivity index (χ0v) is 17.8. The topological polar surface area (TPSA) is 60.3 Å². The van der Waals surface area contributed by atoms with E-state index in [4.69, 9.17) is 4.74 Å². The number of amides is 1. The molecule has 168 valence electrons. The van der Waals surface area contributed by atoms with Crippen LogP contribution in [0.2, 0.25) is 0 Å². The fourth-order valence-electron chi connectivity index (χ4n) is 3.81. The molecule has 0 N–H and O–H groups in total. The second-order valence-electron chi connectivity index (χ2n) is 7.76. The number of pyridine rings is 1. The first-order valence-electron chi connectivity index (χ1n) is 10.2. The van der Waals surface area contributed by atoms with Gasteiger partial charge in [0, 0.05) is 31.4 Å². The highest BCUT2D eigenvalue weighted by molar-refractivity contribution is 5.95. The van der Waals surface area contributed by atoms with Crippen LogP contribution in [0.4, 0.5) is 13.2 Å². The summed E-state index contributed by atoms with van der Waals surface area (Å²) in [6.45, 7) is 2.94. The van der Waals surface area contributed by atoms with Crippen molar-refractivity contribution < 1.29 is 22.7 Å². The summed E-state index contributed by atoms with van der Waals surface area (Å²) in [5, 5.41) is 4.13. The molecular formula is C23H23F3N4O2. The van der Waals surface area contributed by atoms with Gasteiger partial charge in [-0.3, -0.25) is 14.5 Å². The minimum atomic E-state index is -4.42. The number of alkyl halides is 3. The van der Waals surface area contributed by atoms with Crippen LogP contribution in [-0.4, -0.2) is 45.3 Å². The second kappa shape index (κ2) is 8.74. The van der Waals surface area contributed by atoms with Gasteiger partial charge in [0.1, 0.15) is 6.10 Å². The average Bonchev–Trinajstić information content (AvgIpc) is 3.11. The van der Waals surface area contributed by atoms with Crippen molar-refractivity contribution >= 4 is 5.91 Å². The first-order valence-corrected chi connectivity index (χ1v) is 10.2. The van der Waals surface area contributed by atoms with Crippen molar-refractivity contribution in [3.8, 4) is 0 Å². The van der Waals surface area contributed by atoms with Gasteiger partial charge in [-0.1, -0.05) is 24.3 Å². The van der Waals surface area contributed by atoms with Crippen molar-refractivity contribution in [2.24, 2.45) is 7.05 Å². The van der Waals surface area contributed by atoms with Gasteiger partial charge in [-0.05, 0) is 30.7 Å². The summed E-state index contributed by atoms with van der Waals surface area (Å²) in [6.07, 6.45) is -3.28. The van der Waals surface area contributed by atoms with Crippen LogP contribution in [0.3, 0.4) is 0 Å². The Morgan fingerprint density at radius 1 is 1.19 bits per heavy atom. The van der Waals surface area contributed by atoms with Crippen molar-refractivity contribution in [3.05, 3.63) is 82.4 Å². The number of carbonyl (C=O) groups is 1. The lowest BCUT2D eigenvalue weighted by molar-refractivity contribution is -0.138. The van der Waals surface area contributed by atoms with E-state index in [0.717, 1.165) is 11.8 Å². The molecule has 0 aliphatic carbocycles. The Labute approximate surface area is 183 Å². The van der Waals surface area contributed by atoms with Gasteiger partial charge in [-0.25, -0.2) is 0 Å². The van der Waals surface area contributed by atoms with Crippen molar-refractivity contribution in [2.45, 2.75) is 25.6 Å². The number of rotatable bonds is 4. The zero-order chi connectivity index (χ0) is 22.9. The van der Waals surface area contributed by atoms with E-state index in [0.29, 0.717) is 36.6 Å². The van der Waals surface area contributed by atoms with Crippen LogP contribution >= 0.6 is 0 Å². The highest BCUT2D eigenvalue weighted by atomic mass is 19.4. The third-order valence-electron chi connectivity index (χ3n) is 5.67. The summed E-state index contributed by atoms with van der Waals surface area (Å²) < 4.78 is 47.5. The van der Waals surface area contributed by atoms with Gasteiger partial charge in [0.25, 0.3) is 5.91 Å². The number of morpholine rings is 1. The summed E-state index contributed by atoms with van der Waals surface area (Å²) in [4.78, 5) is 19.2. The maximum atomic E-state index is 13.3. The van der Waals surface area contributed by atoms with Crippen LogP contribution < -0.4 is 0 Å². The predicted molar refractivity (Wildman–Crippen MR) is 111 cm³/mol. The van der Waals surface area contributed by atoms with E-state index in [2.05, 4.69) is 10.1 Å². The molecule has 1 atom stereocenters. The quantitative estimate of drug-likeness (QED) is 0.612. The van der Waals surface area contributed by atoms with Crippen LogP contribution in [0.15, 0.2) is 48.7 Å². The lowest BCUT2D eigenvalue weighted by atomic mass is 10.0. The van der Waals surface area contributed by atoms with Gasteiger partial charge < -0.3 is 9.64 Å². The largest absolute Gasteiger partial charge is 0.416 e. The molecule has 1 aliphatic heterocycles. The van der Waals surface area contributed by atoms with Crippen molar-refractivity contribution in [2.75, 3.05) is 19.7 Å². The Hall–Kier alpha value is -3.20. The third kappa shape index (κ3) is 4.52. The molecule has 3 heterocycles.